The largest absolute Gasteiger partial charge is 0.330 e. The zero-order chi connectivity index (χ0) is 10.1. The van der Waals surface area contributed by atoms with Crippen LogP contribution >= 0.6 is 11.3 Å². The number of rotatable bonds is 2. The highest BCUT2D eigenvalue weighted by Crippen LogP contribution is 2.32. The van der Waals surface area contributed by atoms with Crippen LogP contribution < -0.4 is 5.73 Å². The molecule has 1 aromatic heterocycles. The molecular formula is C11H18N2S. The molecule has 0 amide bonds. The highest BCUT2D eigenvalue weighted by atomic mass is 32.1. The zero-order valence-corrected chi connectivity index (χ0v) is 9.73. The Kier molecular flexibility index (Phi) is 2.88. The van der Waals surface area contributed by atoms with Crippen LogP contribution in [0.5, 0.6) is 0 Å². The molecular weight excluding hydrogens is 192 g/mol. The van der Waals surface area contributed by atoms with Crippen molar-refractivity contribution in [2.45, 2.75) is 39.0 Å². The first-order chi connectivity index (χ1) is 6.70. The quantitative estimate of drug-likeness (QED) is 0.813. The molecule has 14 heavy (non-hydrogen) atoms. The SMILES string of the molecule is CC(C)c1nc2c(s1)CC(CN)CC2. The van der Waals surface area contributed by atoms with Crippen molar-refractivity contribution in [2.75, 3.05) is 6.54 Å². The molecule has 0 fully saturated rings. The molecule has 1 unspecified atom stereocenters. The standard InChI is InChI=1S/C11H18N2S/c1-7(2)11-13-9-4-3-8(6-12)5-10(9)14-11/h7-8H,3-6,12H2,1-2H3. The van der Waals surface area contributed by atoms with Crippen molar-refractivity contribution in [3.8, 4) is 0 Å². The maximum Gasteiger partial charge on any atom is 0.0956 e. The fourth-order valence-corrected chi connectivity index (χ4v) is 3.14. The third-order valence-electron chi connectivity index (χ3n) is 2.89. The number of hydrogen-bond acceptors (Lipinski definition) is 3. The lowest BCUT2D eigenvalue weighted by Crippen LogP contribution is -2.21. The summed E-state index contributed by atoms with van der Waals surface area (Å²) in [7, 11) is 0. The van der Waals surface area contributed by atoms with E-state index < -0.39 is 0 Å². The number of thiazole rings is 1. The average molecular weight is 210 g/mol. The zero-order valence-electron chi connectivity index (χ0n) is 8.92. The van der Waals surface area contributed by atoms with E-state index in [-0.39, 0.29) is 0 Å². The van der Waals surface area contributed by atoms with Crippen molar-refractivity contribution < 1.29 is 0 Å². The van der Waals surface area contributed by atoms with Crippen LogP contribution in [0.25, 0.3) is 0 Å². The number of fused-ring (bicyclic) bond motifs is 1. The Bertz CT molecular complexity index is 317. The van der Waals surface area contributed by atoms with Crippen LogP contribution in [0.15, 0.2) is 0 Å². The smallest absolute Gasteiger partial charge is 0.0956 e. The maximum atomic E-state index is 5.71. The van der Waals surface area contributed by atoms with E-state index in [1.54, 1.807) is 0 Å². The molecule has 0 bridgehead atoms. The van der Waals surface area contributed by atoms with E-state index in [0.29, 0.717) is 11.8 Å². The van der Waals surface area contributed by atoms with Gasteiger partial charge in [-0.2, -0.15) is 0 Å². The summed E-state index contributed by atoms with van der Waals surface area (Å²) < 4.78 is 0. The van der Waals surface area contributed by atoms with Crippen LogP contribution in [0.1, 0.15) is 41.8 Å². The molecule has 2 rings (SSSR count). The summed E-state index contributed by atoms with van der Waals surface area (Å²) in [6.07, 6.45) is 3.53. The molecule has 78 valence electrons. The van der Waals surface area contributed by atoms with Gasteiger partial charge in [-0.05, 0) is 31.7 Å². The van der Waals surface area contributed by atoms with Crippen molar-refractivity contribution in [2.24, 2.45) is 11.7 Å². The van der Waals surface area contributed by atoms with Crippen LogP contribution in [0, 0.1) is 5.92 Å². The van der Waals surface area contributed by atoms with E-state index >= 15 is 0 Å². The lowest BCUT2D eigenvalue weighted by molar-refractivity contribution is 0.469. The number of aromatic nitrogens is 1. The summed E-state index contributed by atoms with van der Waals surface area (Å²) in [6, 6.07) is 0. The highest BCUT2D eigenvalue weighted by Gasteiger charge is 2.22. The van der Waals surface area contributed by atoms with Crippen LogP contribution in [0.3, 0.4) is 0 Å². The minimum absolute atomic E-state index is 0.571. The van der Waals surface area contributed by atoms with E-state index in [1.165, 1.54) is 22.0 Å². The third-order valence-corrected chi connectivity index (χ3v) is 4.31. The van der Waals surface area contributed by atoms with Gasteiger partial charge in [0.15, 0.2) is 0 Å². The lowest BCUT2D eigenvalue weighted by Gasteiger charge is -2.18. The Morgan fingerprint density at radius 3 is 3.00 bits per heavy atom. The number of hydrogen-bond donors (Lipinski definition) is 1. The first-order valence-corrected chi connectivity index (χ1v) is 6.21. The maximum absolute atomic E-state index is 5.71. The first-order valence-electron chi connectivity index (χ1n) is 5.39. The lowest BCUT2D eigenvalue weighted by atomic mass is 9.91. The molecule has 0 aliphatic heterocycles. The molecule has 1 heterocycles. The molecule has 2 nitrogen and oxygen atoms in total. The van der Waals surface area contributed by atoms with Gasteiger partial charge in [-0.25, -0.2) is 4.98 Å². The molecule has 0 spiro atoms. The second kappa shape index (κ2) is 3.99. The van der Waals surface area contributed by atoms with Crippen LogP contribution in [0.4, 0.5) is 0 Å². The first kappa shape index (κ1) is 10.1. The van der Waals surface area contributed by atoms with Crippen LogP contribution in [0.2, 0.25) is 0 Å². The van der Waals surface area contributed by atoms with E-state index in [0.717, 1.165) is 19.4 Å². The molecule has 0 saturated carbocycles. The Labute approximate surface area is 89.5 Å². The summed E-state index contributed by atoms with van der Waals surface area (Å²) in [6.45, 7) is 5.25. The predicted molar refractivity (Wildman–Crippen MR) is 60.8 cm³/mol. The summed E-state index contributed by atoms with van der Waals surface area (Å²) >= 11 is 1.90. The molecule has 1 atom stereocenters. The summed E-state index contributed by atoms with van der Waals surface area (Å²) in [5.74, 6) is 1.27. The Hall–Kier alpha value is -0.410. The molecule has 0 radical (unpaired) electrons. The van der Waals surface area contributed by atoms with Gasteiger partial charge >= 0.3 is 0 Å². The van der Waals surface area contributed by atoms with Gasteiger partial charge in [-0.1, -0.05) is 13.8 Å². The monoisotopic (exact) mass is 210 g/mol. The van der Waals surface area contributed by atoms with E-state index in [9.17, 15) is 0 Å². The number of nitrogens with two attached hydrogens (primary N) is 1. The van der Waals surface area contributed by atoms with Crippen molar-refractivity contribution in [1.29, 1.82) is 0 Å². The van der Waals surface area contributed by atoms with Gasteiger partial charge in [0.2, 0.25) is 0 Å². The molecule has 1 aliphatic carbocycles. The summed E-state index contributed by atoms with van der Waals surface area (Å²) in [4.78, 5) is 6.19. The fraction of sp³-hybridized carbons (Fsp3) is 0.727. The molecule has 0 saturated heterocycles. The highest BCUT2D eigenvalue weighted by molar-refractivity contribution is 7.11. The second-order valence-corrected chi connectivity index (χ2v) is 5.54. The molecule has 2 N–H and O–H groups in total. The fourth-order valence-electron chi connectivity index (χ4n) is 1.91. The van der Waals surface area contributed by atoms with Crippen LogP contribution in [-0.2, 0) is 12.8 Å². The third kappa shape index (κ3) is 1.84. The van der Waals surface area contributed by atoms with E-state index in [4.69, 9.17) is 10.7 Å². The van der Waals surface area contributed by atoms with Crippen molar-refractivity contribution >= 4 is 11.3 Å². The van der Waals surface area contributed by atoms with E-state index in [2.05, 4.69) is 13.8 Å². The topological polar surface area (TPSA) is 38.9 Å². The minimum Gasteiger partial charge on any atom is -0.330 e. The van der Waals surface area contributed by atoms with Crippen molar-refractivity contribution in [3.63, 3.8) is 0 Å². The Balaban J connectivity index is 2.21. The Morgan fingerprint density at radius 2 is 2.36 bits per heavy atom. The molecule has 1 aromatic rings. The second-order valence-electron chi connectivity index (χ2n) is 4.42. The van der Waals surface area contributed by atoms with Gasteiger partial charge in [0.05, 0.1) is 10.7 Å². The van der Waals surface area contributed by atoms with Gasteiger partial charge in [0.25, 0.3) is 0 Å². The molecule has 1 aliphatic rings. The number of nitrogens with zero attached hydrogens (tertiary/aromatic N) is 1. The normalized spacial score (nSPS) is 21.3. The minimum atomic E-state index is 0.571. The summed E-state index contributed by atoms with van der Waals surface area (Å²) in [5, 5.41) is 1.30. The van der Waals surface area contributed by atoms with Crippen LogP contribution in [-0.4, -0.2) is 11.5 Å². The van der Waals surface area contributed by atoms with Gasteiger partial charge < -0.3 is 5.73 Å². The molecule has 0 aromatic carbocycles. The van der Waals surface area contributed by atoms with Crippen molar-refractivity contribution in [3.05, 3.63) is 15.6 Å². The average Bonchev–Trinajstić information content (AvgIpc) is 2.59. The summed E-state index contributed by atoms with van der Waals surface area (Å²) in [5.41, 5.74) is 7.06. The Morgan fingerprint density at radius 1 is 1.57 bits per heavy atom. The van der Waals surface area contributed by atoms with Gasteiger partial charge in [0, 0.05) is 10.8 Å². The van der Waals surface area contributed by atoms with Gasteiger partial charge in [-0.3, -0.25) is 0 Å². The molecule has 3 heteroatoms. The van der Waals surface area contributed by atoms with Gasteiger partial charge in [-0.15, -0.1) is 11.3 Å². The van der Waals surface area contributed by atoms with Gasteiger partial charge in [0.1, 0.15) is 0 Å². The predicted octanol–water partition coefficient (Wildman–Crippen LogP) is 2.33. The number of aryl methyl sites for hydroxylation is 1. The van der Waals surface area contributed by atoms with E-state index in [1.807, 2.05) is 11.3 Å². The van der Waals surface area contributed by atoms with Crippen molar-refractivity contribution in [1.82, 2.24) is 4.98 Å².